The van der Waals surface area contributed by atoms with E-state index in [1.54, 1.807) is 0 Å². The standard InChI is InChI=1S/C3H7BFO2/c1-2-3-4-6-7-5/h2-3H2,1H3. The van der Waals surface area contributed by atoms with Crippen LogP contribution in [-0.4, -0.2) is 7.48 Å². The van der Waals surface area contributed by atoms with Crippen LogP contribution in [0.3, 0.4) is 0 Å². The Morgan fingerprint density at radius 3 is 2.86 bits per heavy atom. The molecule has 0 saturated heterocycles. The molecule has 0 aliphatic heterocycles. The number of hydrogen-bond acceptors (Lipinski definition) is 2. The van der Waals surface area contributed by atoms with Crippen molar-refractivity contribution in [2.75, 3.05) is 0 Å². The summed E-state index contributed by atoms with van der Waals surface area (Å²) in [5.74, 6) is 0. The van der Waals surface area contributed by atoms with Crippen LogP contribution in [-0.2, 0) is 9.90 Å². The molecule has 0 aromatic rings. The average molecular weight is 105 g/mol. The van der Waals surface area contributed by atoms with Crippen LogP contribution in [0.4, 0.5) is 4.53 Å². The Balaban J connectivity index is 2.45. The van der Waals surface area contributed by atoms with Crippen molar-refractivity contribution in [1.82, 2.24) is 0 Å². The maximum absolute atomic E-state index is 10.6. The van der Waals surface area contributed by atoms with Crippen molar-refractivity contribution in [1.29, 1.82) is 0 Å². The second-order valence-electron chi connectivity index (χ2n) is 1.11. The summed E-state index contributed by atoms with van der Waals surface area (Å²) in [5.41, 5.74) is 0. The Labute approximate surface area is 42.7 Å². The second kappa shape index (κ2) is 5.91. The van der Waals surface area contributed by atoms with Gasteiger partial charge in [0.25, 0.3) is 0 Å². The second-order valence-corrected chi connectivity index (χ2v) is 1.11. The van der Waals surface area contributed by atoms with Gasteiger partial charge in [-0.05, 0) is 15.9 Å². The molecule has 0 aliphatic rings. The van der Waals surface area contributed by atoms with Crippen molar-refractivity contribution in [2.24, 2.45) is 0 Å². The predicted octanol–water partition coefficient (Wildman–Crippen LogP) is 1.27. The molecule has 0 aromatic carbocycles. The van der Waals surface area contributed by atoms with Gasteiger partial charge in [0.15, 0.2) is 0 Å². The van der Waals surface area contributed by atoms with Gasteiger partial charge in [-0.3, -0.25) is 4.81 Å². The number of hydrogen-bond donors (Lipinski definition) is 0. The zero-order valence-corrected chi connectivity index (χ0v) is 4.19. The van der Waals surface area contributed by atoms with E-state index in [-0.39, 0.29) is 0 Å². The lowest BCUT2D eigenvalue weighted by Gasteiger charge is -1.87. The van der Waals surface area contributed by atoms with E-state index in [1.807, 2.05) is 6.92 Å². The molecule has 0 aliphatic carbocycles. The first-order valence-corrected chi connectivity index (χ1v) is 2.17. The Kier molecular flexibility index (Phi) is 5.84. The van der Waals surface area contributed by atoms with Crippen LogP contribution in [0.25, 0.3) is 0 Å². The largest absolute Gasteiger partial charge is 0.348 e. The van der Waals surface area contributed by atoms with E-state index >= 15 is 0 Å². The highest BCUT2D eigenvalue weighted by molar-refractivity contribution is 6.26. The maximum atomic E-state index is 10.6. The molecule has 0 aromatic heterocycles. The molecular weight excluding hydrogens is 97.8 g/mol. The maximum Gasteiger partial charge on any atom is 0.348 e. The molecule has 41 valence electrons. The van der Waals surface area contributed by atoms with E-state index in [1.165, 1.54) is 7.48 Å². The van der Waals surface area contributed by atoms with Crippen molar-refractivity contribution in [3.8, 4) is 0 Å². The van der Waals surface area contributed by atoms with E-state index in [4.69, 9.17) is 0 Å². The summed E-state index contributed by atoms with van der Waals surface area (Å²) in [6.45, 7) is 1.96. The molecule has 0 atom stereocenters. The fourth-order valence-corrected chi connectivity index (χ4v) is 0.192. The lowest BCUT2D eigenvalue weighted by atomic mass is 9.95. The van der Waals surface area contributed by atoms with Crippen LogP contribution < -0.4 is 0 Å². The fourth-order valence-electron chi connectivity index (χ4n) is 0.192. The van der Waals surface area contributed by atoms with Crippen molar-refractivity contribution in [3.05, 3.63) is 0 Å². The van der Waals surface area contributed by atoms with Gasteiger partial charge >= 0.3 is 7.48 Å². The van der Waals surface area contributed by atoms with Crippen molar-refractivity contribution < 1.29 is 14.4 Å². The van der Waals surface area contributed by atoms with Gasteiger partial charge in [0, 0.05) is 0 Å². The predicted molar refractivity (Wildman–Crippen MR) is 24.1 cm³/mol. The van der Waals surface area contributed by atoms with Gasteiger partial charge in [-0.1, -0.05) is 13.3 Å². The highest BCUT2D eigenvalue weighted by atomic mass is 19.3. The van der Waals surface area contributed by atoms with Crippen LogP contribution in [0.15, 0.2) is 0 Å². The van der Waals surface area contributed by atoms with Crippen LogP contribution >= 0.6 is 0 Å². The molecule has 0 spiro atoms. The lowest BCUT2D eigenvalue weighted by Crippen LogP contribution is -1.92. The number of halogens is 1. The monoisotopic (exact) mass is 105 g/mol. The summed E-state index contributed by atoms with van der Waals surface area (Å²) in [6, 6.07) is 0. The van der Waals surface area contributed by atoms with E-state index < -0.39 is 0 Å². The summed E-state index contributed by atoms with van der Waals surface area (Å²) in [6.07, 6.45) is 1.65. The third kappa shape index (κ3) is 5.91. The first-order chi connectivity index (χ1) is 3.41. The summed E-state index contributed by atoms with van der Waals surface area (Å²) in [4.78, 5) is 3.78. The molecule has 2 nitrogen and oxygen atoms in total. The molecule has 4 heteroatoms. The quantitative estimate of drug-likeness (QED) is 0.232. The van der Waals surface area contributed by atoms with Crippen LogP contribution in [0.2, 0.25) is 6.32 Å². The summed E-state index contributed by atoms with van der Waals surface area (Å²) in [5, 5.41) is 2.79. The van der Waals surface area contributed by atoms with Gasteiger partial charge in [-0.25, -0.2) is 0 Å². The summed E-state index contributed by atoms with van der Waals surface area (Å²) in [7, 11) is 1.26. The van der Waals surface area contributed by atoms with Gasteiger partial charge in [0.2, 0.25) is 0 Å². The number of rotatable bonds is 4. The minimum absolute atomic E-state index is 0.712. The Morgan fingerprint density at radius 1 is 1.71 bits per heavy atom. The van der Waals surface area contributed by atoms with Gasteiger partial charge < -0.3 is 0 Å². The molecule has 0 saturated carbocycles. The Morgan fingerprint density at radius 2 is 2.43 bits per heavy atom. The Bertz CT molecular complexity index is 32.1. The van der Waals surface area contributed by atoms with E-state index in [9.17, 15) is 4.53 Å². The first-order valence-electron chi connectivity index (χ1n) is 2.17. The van der Waals surface area contributed by atoms with Gasteiger partial charge in [0.1, 0.15) is 0 Å². The van der Waals surface area contributed by atoms with Crippen molar-refractivity contribution in [2.45, 2.75) is 19.7 Å². The third-order valence-corrected chi connectivity index (χ3v) is 0.511. The van der Waals surface area contributed by atoms with Crippen molar-refractivity contribution >= 4 is 7.48 Å². The molecule has 0 fully saturated rings. The smallest absolute Gasteiger partial charge is 0.277 e. The normalized spacial score (nSPS) is 8.86. The highest BCUT2D eigenvalue weighted by Gasteiger charge is 1.88. The zero-order chi connectivity index (χ0) is 5.54. The Hall–Kier alpha value is -0.0851. The minimum atomic E-state index is 0.712. The summed E-state index contributed by atoms with van der Waals surface area (Å²) < 4.78 is 10.6. The van der Waals surface area contributed by atoms with Crippen LogP contribution in [0.5, 0.6) is 0 Å². The first kappa shape index (κ1) is 6.91. The molecule has 0 N–H and O–H groups in total. The summed E-state index contributed by atoms with van der Waals surface area (Å²) >= 11 is 0. The lowest BCUT2D eigenvalue weighted by molar-refractivity contribution is -0.370. The van der Waals surface area contributed by atoms with E-state index in [2.05, 4.69) is 9.90 Å². The van der Waals surface area contributed by atoms with E-state index in [0.717, 1.165) is 6.42 Å². The van der Waals surface area contributed by atoms with Gasteiger partial charge in [-0.15, -0.1) is 0 Å². The molecule has 0 amide bonds. The van der Waals surface area contributed by atoms with Gasteiger partial charge in [0.05, 0.1) is 0 Å². The highest BCUT2D eigenvalue weighted by Crippen LogP contribution is 1.86. The molecular formula is C3H7BFO2. The zero-order valence-electron chi connectivity index (χ0n) is 4.19. The molecule has 0 rings (SSSR count). The van der Waals surface area contributed by atoms with Crippen LogP contribution in [0.1, 0.15) is 13.3 Å². The van der Waals surface area contributed by atoms with E-state index in [0.29, 0.717) is 6.32 Å². The van der Waals surface area contributed by atoms with Crippen LogP contribution in [0, 0.1) is 0 Å². The van der Waals surface area contributed by atoms with Gasteiger partial charge in [-0.2, -0.15) is 0 Å². The molecule has 0 heterocycles. The molecule has 0 bridgehead atoms. The topological polar surface area (TPSA) is 18.5 Å². The molecule has 7 heavy (non-hydrogen) atoms. The SMILES string of the molecule is CCC[B]OOF. The third-order valence-electron chi connectivity index (χ3n) is 0.511. The molecule has 0 unspecified atom stereocenters. The van der Waals surface area contributed by atoms with Crippen molar-refractivity contribution in [3.63, 3.8) is 0 Å². The average Bonchev–Trinajstić information content (AvgIpc) is 1.69. The minimum Gasteiger partial charge on any atom is -0.277 e. The molecule has 1 radical (unpaired) electrons. The fraction of sp³-hybridized carbons (Fsp3) is 1.00.